The van der Waals surface area contributed by atoms with Gasteiger partial charge >= 0.3 is 11.9 Å². The zero-order valence-electron chi connectivity index (χ0n) is 25.0. The number of carbonyl (C=O) groups excluding carboxylic acids is 1. The number of nitrogens with zero attached hydrogens (tertiary/aromatic N) is 5. The van der Waals surface area contributed by atoms with Gasteiger partial charge < -0.3 is 14.5 Å². The van der Waals surface area contributed by atoms with Gasteiger partial charge in [-0.1, -0.05) is 18.2 Å². The number of benzene rings is 2. The molecule has 3 aromatic rings. The molecular weight excluding hydrogens is 653 g/mol. The van der Waals surface area contributed by atoms with Crippen molar-refractivity contribution in [2.24, 2.45) is 0 Å². The van der Waals surface area contributed by atoms with Gasteiger partial charge in [0, 0.05) is 78.0 Å². The second-order valence-corrected chi connectivity index (χ2v) is 13.2. The Hall–Kier alpha value is -3.20. The van der Waals surface area contributed by atoms with E-state index in [-0.39, 0.29) is 52.4 Å². The molecule has 0 spiro atoms. The molecule has 246 valence electrons. The normalized spacial score (nSPS) is 22.4. The SMILES string of the molecule is C=CC(=O)N1C[C@H](C)N(c2nc(=O)n3c4c(c(-c5cc(Cl)c(F)cc5F)c(C(F)(F)F)cc24)SCC3CN2CCOCC2)C[C@H]1C. The number of amides is 1. The van der Waals surface area contributed by atoms with Gasteiger partial charge in [0.1, 0.15) is 17.5 Å². The molecule has 2 aromatic carbocycles. The van der Waals surface area contributed by atoms with Crippen LogP contribution >= 0.6 is 23.4 Å². The van der Waals surface area contributed by atoms with Gasteiger partial charge in [-0.25, -0.2) is 13.6 Å². The molecule has 0 N–H and O–H groups in total. The summed E-state index contributed by atoms with van der Waals surface area (Å²) in [5, 5.41) is -0.466. The van der Waals surface area contributed by atoms with Crippen molar-refractivity contribution in [3.63, 3.8) is 0 Å². The van der Waals surface area contributed by atoms with E-state index in [1.807, 2.05) is 0 Å². The summed E-state index contributed by atoms with van der Waals surface area (Å²) in [4.78, 5) is 36.4. The zero-order valence-corrected chi connectivity index (χ0v) is 26.6. The predicted octanol–water partition coefficient (Wildman–Crippen LogP) is 5.60. The summed E-state index contributed by atoms with van der Waals surface area (Å²) in [5.74, 6) is -2.35. The number of morpholine rings is 1. The number of halogens is 6. The van der Waals surface area contributed by atoms with Gasteiger partial charge in [0.15, 0.2) is 0 Å². The summed E-state index contributed by atoms with van der Waals surface area (Å²) in [6, 6.07) is 0.965. The number of hydrogen-bond donors (Lipinski definition) is 0. The maximum absolute atomic E-state index is 15.4. The van der Waals surface area contributed by atoms with Crippen LogP contribution in [0.4, 0.5) is 27.8 Å². The first kappa shape index (κ1) is 32.7. The minimum atomic E-state index is -4.97. The highest BCUT2D eigenvalue weighted by Crippen LogP contribution is 2.51. The second kappa shape index (κ2) is 12.4. The molecule has 3 atom stereocenters. The summed E-state index contributed by atoms with van der Waals surface area (Å²) in [6.07, 6.45) is -3.76. The van der Waals surface area contributed by atoms with E-state index in [9.17, 15) is 27.2 Å². The van der Waals surface area contributed by atoms with Crippen molar-refractivity contribution in [2.75, 3.05) is 56.6 Å². The lowest BCUT2D eigenvalue weighted by molar-refractivity contribution is -0.137. The average molecular weight is 684 g/mol. The Bertz CT molecular complexity index is 1780. The first-order chi connectivity index (χ1) is 21.8. The minimum absolute atomic E-state index is 0.0338. The molecule has 6 rings (SSSR count). The number of anilines is 1. The minimum Gasteiger partial charge on any atom is -0.379 e. The second-order valence-electron chi connectivity index (χ2n) is 11.8. The number of ether oxygens (including phenoxy) is 1. The van der Waals surface area contributed by atoms with Crippen LogP contribution in [0.2, 0.25) is 5.02 Å². The van der Waals surface area contributed by atoms with E-state index in [1.165, 1.54) is 10.6 Å². The van der Waals surface area contributed by atoms with Crippen LogP contribution in [0, 0.1) is 11.6 Å². The molecule has 0 saturated carbocycles. The number of rotatable bonds is 5. The molecule has 2 saturated heterocycles. The van der Waals surface area contributed by atoms with Crippen molar-refractivity contribution in [3.8, 4) is 11.1 Å². The summed E-state index contributed by atoms with van der Waals surface area (Å²) in [7, 11) is 0. The molecule has 3 aliphatic rings. The molecule has 1 aromatic heterocycles. The maximum Gasteiger partial charge on any atom is 0.417 e. The molecular formula is C31H31ClF5N5O3S. The number of piperazine rings is 1. The Morgan fingerprint density at radius 3 is 2.52 bits per heavy atom. The number of carbonyl (C=O) groups is 1. The topological polar surface area (TPSA) is 70.9 Å². The van der Waals surface area contributed by atoms with E-state index >= 15 is 4.39 Å². The highest BCUT2D eigenvalue weighted by atomic mass is 35.5. The zero-order chi connectivity index (χ0) is 33.1. The van der Waals surface area contributed by atoms with Crippen LogP contribution in [-0.2, 0) is 15.7 Å². The van der Waals surface area contributed by atoms with Crippen LogP contribution in [0.25, 0.3) is 22.0 Å². The molecule has 0 aliphatic carbocycles. The molecule has 4 heterocycles. The van der Waals surface area contributed by atoms with Crippen molar-refractivity contribution >= 4 is 46.0 Å². The molecule has 1 unspecified atom stereocenters. The van der Waals surface area contributed by atoms with Crippen molar-refractivity contribution in [1.29, 1.82) is 0 Å². The third kappa shape index (κ3) is 5.77. The number of hydrogen-bond acceptors (Lipinski definition) is 7. The Balaban J connectivity index is 1.63. The average Bonchev–Trinajstić information content (AvgIpc) is 3.01. The highest BCUT2D eigenvalue weighted by Gasteiger charge is 2.41. The largest absolute Gasteiger partial charge is 0.417 e. The van der Waals surface area contributed by atoms with Gasteiger partial charge in [-0.2, -0.15) is 18.2 Å². The summed E-state index contributed by atoms with van der Waals surface area (Å²) >= 11 is 7.06. The lowest BCUT2D eigenvalue weighted by Crippen LogP contribution is -2.58. The molecule has 0 radical (unpaired) electrons. The maximum atomic E-state index is 15.4. The van der Waals surface area contributed by atoms with Crippen molar-refractivity contribution in [2.45, 2.75) is 43.0 Å². The third-order valence-electron chi connectivity index (χ3n) is 8.80. The Morgan fingerprint density at radius 1 is 1.13 bits per heavy atom. The monoisotopic (exact) mass is 683 g/mol. The van der Waals surface area contributed by atoms with E-state index in [0.29, 0.717) is 38.9 Å². The number of aromatic nitrogens is 2. The fourth-order valence-electron chi connectivity index (χ4n) is 6.58. The van der Waals surface area contributed by atoms with Crippen molar-refractivity contribution in [3.05, 3.63) is 63.6 Å². The van der Waals surface area contributed by atoms with Crippen LogP contribution in [-0.4, -0.2) is 89.0 Å². The first-order valence-corrected chi connectivity index (χ1v) is 16.1. The fourth-order valence-corrected chi connectivity index (χ4v) is 8.06. The van der Waals surface area contributed by atoms with Gasteiger partial charge in [-0.15, -0.1) is 11.8 Å². The Morgan fingerprint density at radius 2 is 1.85 bits per heavy atom. The third-order valence-corrected chi connectivity index (χ3v) is 10.3. The van der Waals surface area contributed by atoms with Crippen LogP contribution < -0.4 is 10.6 Å². The van der Waals surface area contributed by atoms with Gasteiger partial charge in [0.2, 0.25) is 5.91 Å². The summed E-state index contributed by atoms with van der Waals surface area (Å²) < 4.78 is 81.3. The first-order valence-electron chi connectivity index (χ1n) is 14.8. The lowest BCUT2D eigenvalue weighted by atomic mass is 9.95. The molecule has 3 aliphatic heterocycles. The predicted molar refractivity (Wildman–Crippen MR) is 167 cm³/mol. The molecule has 8 nitrogen and oxygen atoms in total. The quantitative estimate of drug-likeness (QED) is 0.197. The van der Waals surface area contributed by atoms with Gasteiger partial charge in [0.25, 0.3) is 0 Å². The van der Waals surface area contributed by atoms with Crippen LogP contribution in [0.1, 0.15) is 25.5 Å². The van der Waals surface area contributed by atoms with Gasteiger partial charge in [0.05, 0.1) is 35.4 Å². The number of alkyl halides is 3. The fraction of sp³-hybridized carbons (Fsp3) is 0.452. The smallest absolute Gasteiger partial charge is 0.379 e. The van der Waals surface area contributed by atoms with E-state index in [4.69, 9.17) is 16.3 Å². The highest BCUT2D eigenvalue weighted by molar-refractivity contribution is 7.99. The Kier molecular flexibility index (Phi) is 8.85. The molecule has 15 heteroatoms. The van der Waals surface area contributed by atoms with E-state index < -0.39 is 57.3 Å². The van der Waals surface area contributed by atoms with E-state index in [0.717, 1.165) is 23.9 Å². The van der Waals surface area contributed by atoms with Crippen molar-refractivity contribution < 1.29 is 31.5 Å². The van der Waals surface area contributed by atoms with Crippen LogP contribution in [0.3, 0.4) is 0 Å². The Labute approximate surface area is 270 Å². The lowest BCUT2D eigenvalue weighted by Gasteiger charge is -2.45. The van der Waals surface area contributed by atoms with E-state index in [2.05, 4.69) is 16.5 Å². The van der Waals surface area contributed by atoms with Crippen LogP contribution in [0.5, 0.6) is 0 Å². The molecule has 0 bridgehead atoms. The molecule has 46 heavy (non-hydrogen) atoms. The molecule has 1 amide bonds. The molecule has 2 fully saturated rings. The number of thioether (sulfide) groups is 1. The van der Waals surface area contributed by atoms with Crippen molar-refractivity contribution in [1.82, 2.24) is 19.4 Å². The van der Waals surface area contributed by atoms with E-state index in [1.54, 1.807) is 23.6 Å². The summed E-state index contributed by atoms with van der Waals surface area (Å²) in [5.41, 5.74) is -2.66. The van der Waals surface area contributed by atoms with Crippen LogP contribution in [0.15, 0.2) is 40.5 Å². The van der Waals surface area contributed by atoms with Gasteiger partial charge in [-0.05, 0) is 32.1 Å². The van der Waals surface area contributed by atoms with Gasteiger partial charge in [-0.3, -0.25) is 14.3 Å². The summed E-state index contributed by atoms with van der Waals surface area (Å²) in [6.45, 7) is 10.3. The standard InChI is InChI=1S/C31H31ClF5N5O3S/c1-4-25(43)40-12-17(3)41(13-16(40)2)29-20-9-21(31(35,36)37)26(19-10-22(32)24(34)11-23(19)33)28-27(20)42(30(44)38-29)18(15-46-28)14-39-5-7-45-8-6-39/h4,9-11,16-18H,1,5-8,12-15H2,2-3H3/t16-,17+,18?/m1/s1.